The molecule has 9 nitrogen and oxygen atoms in total. The molecule has 9 heteroatoms. The van der Waals surface area contributed by atoms with E-state index in [4.69, 9.17) is 28.4 Å². The predicted molar refractivity (Wildman–Crippen MR) is 98.4 cm³/mol. The smallest absolute Gasteiger partial charge is 0.454 e. The Kier molecular flexibility index (Phi) is 8.19. The first-order valence-electron chi connectivity index (χ1n) is 9.12. The van der Waals surface area contributed by atoms with Crippen LogP contribution in [0.4, 0.5) is 9.59 Å². The molecule has 0 saturated carbocycles. The number of carbonyl (C=O) groups is 2. The van der Waals surface area contributed by atoms with Gasteiger partial charge in [0.1, 0.15) is 6.61 Å². The number of amides is 1. The van der Waals surface area contributed by atoms with Crippen molar-refractivity contribution in [3.63, 3.8) is 0 Å². The molecule has 28 heavy (non-hydrogen) atoms. The van der Waals surface area contributed by atoms with Crippen LogP contribution in [0.25, 0.3) is 0 Å². The molecule has 2 unspecified atom stereocenters. The van der Waals surface area contributed by atoms with Gasteiger partial charge in [0, 0.05) is 26.6 Å². The number of likely N-dealkylation sites (N-methyl/N-ethyl adjacent to an activating group) is 1. The molecular weight excluding hydrogens is 370 g/mol. The van der Waals surface area contributed by atoms with Gasteiger partial charge in [-0.1, -0.05) is 6.07 Å². The Morgan fingerprint density at radius 1 is 1.14 bits per heavy atom. The van der Waals surface area contributed by atoms with Gasteiger partial charge in [-0.15, -0.1) is 0 Å². The molecule has 1 amide bonds. The van der Waals surface area contributed by atoms with Gasteiger partial charge in [-0.05, 0) is 38.0 Å². The lowest BCUT2D eigenvalue weighted by molar-refractivity contribution is -0.0862. The highest BCUT2D eigenvalue weighted by atomic mass is 16.8. The Bertz CT molecular complexity index is 665. The van der Waals surface area contributed by atoms with E-state index in [9.17, 15) is 9.59 Å². The average Bonchev–Trinajstić information content (AvgIpc) is 3.10. The van der Waals surface area contributed by atoms with Gasteiger partial charge in [-0.3, -0.25) is 0 Å². The number of fused-ring (bicyclic) bond motifs is 1. The Hall–Kier alpha value is -2.68. The standard InChI is InChI=1S/C19H27NO8/c1-5-20(18(21)27-14(3)28-19(22)24-9-8-23-4)13(2)10-15-6-7-16-17(11-15)26-12-25-16/h6-7,11,13-14H,5,8-10,12H2,1-4H3. The maximum atomic E-state index is 12.5. The molecule has 0 radical (unpaired) electrons. The Labute approximate surface area is 164 Å². The number of benzene rings is 1. The molecule has 1 heterocycles. The second-order valence-corrected chi connectivity index (χ2v) is 6.19. The lowest BCUT2D eigenvalue weighted by Crippen LogP contribution is -2.41. The number of ether oxygens (including phenoxy) is 6. The second-order valence-electron chi connectivity index (χ2n) is 6.19. The molecule has 2 atom stereocenters. The fraction of sp³-hybridized carbons (Fsp3) is 0.579. The third-order valence-corrected chi connectivity index (χ3v) is 4.11. The van der Waals surface area contributed by atoms with E-state index in [1.165, 1.54) is 14.0 Å². The number of nitrogens with zero attached hydrogens (tertiary/aromatic N) is 1. The summed E-state index contributed by atoms with van der Waals surface area (Å²) in [7, 11) is 1.49. The van der Waals surface area contributed by atoms with Crippen LogP contribution < -0.4 is 9.47 Å². The van der Waals surface area contributed by atoms with Crippen molar-refractivity contribution in [1.82, 2.24) is 4.90 Å². The third-order valence-electron chi connectivity index (χ3n) is 4.11. The molecule has 1 aliphatic heterocycles. The summed E-state index contributed by atoms with van der Waals surface area (Å²) >= 11 is 0. The highest BCUT2D eigenvalue weighted by Gasteiger charge is 2.24. The topological polar surface area (TPSA) is 92.8 Å². The molecule has 2 rings (SSSR count). The molecule has 0 aliphatic carbocycles. The molecule has 1 aromatic carbocycles. The predicted octanol–water partition coefficient (Wildman–Crippen LogP) is 2.95. The van der Waals surface area contributed by atoms with Crippen LogP contribution >= 0.6 is 0 Å². The monoisotopic (exact) mass is 397 g/mol. The number of methoxy groups -OCH3 is 1. The van der Waals surface area contributed by atoms with Crippen LogP contribution in [-0.4, -0.2) is 63.1 Å². The number of hydrogen-bond acceptors (Lipinski definition) is 8. The molecule has 1 aromatic rings. The van der Waals surface area contributed by atoms with Crippen LogP contribution in [0.2, 0.25) is 0 Å². The Balaban J connectivity index is 1.85. The Morgan fingerprint density at radius 2 is 1.89 bits per heavy atom. The van der Waals surface area contributed by atoms with Crippen molar-refractivity contribution in [2.45, 2.75) is 39.5 Å². The quantitative estimate of drug-likeness (QED) is 0.357. The lowest BCUT2D eigenvalue weighted by atomic mass is 10.1. The van der Waals surface area contributed by atoms with Crippen LogP contribution in [0, 0.1) is 0 Å². The first-order chi connectivity index (χ1) is 13.4. The van der Waals surface area contributed by atoms with Gasteiger partial charge in [0.2, 0.25) is 13.1 Å². The van der Waals surface area contributed by atoms with Gasteiger partial charge in [-0.2, -0.15) is 0 Å². The number of rotatable bonds is 9. The van der Waals surface area contributed by atoms with E-state index >= 15 is 0 Å². The van der Waals surface area contributed by atoms with Gasteiger partial charge in [0.05, 0.1) is 6.61 Å². The first kappa shape index (κ1) is 21.6. The first-order valence-corrected chi connectivity index (χ1v) is 9.12. The van der Waals surface area contributed by atoms with Crippen LogP contribution in [0.5, 0.6) is 11.5 Å². The molecule has 0 N–H and O–H groups in total. The SMILES string of the molecule is CCN(C(=O)OC(C)OC(=O)OCCOC)C(C)Cc1ccc2c(c1)OCO2. The molecule has 0 fully saturated rings. The zero-order valence-corrected chi connectivity index (χ0v) is 16.6. The summed E-state index contributed by atoms with van der Waals surface area (Å²) in [4.78, 5) is 25.5. The van der Waals surface area contributed by atoms with E-state index in [0.29, 0.717) is 24.5 Å². The highest BCUT2D eigenvalue weighted by Crippen LogP contribution is 2.33. The van der Waals surface area contributed by atoms with Gasteiger partial charge in [0.15, 0.2) is 11.5 Å². The van der Waals surface area contributed by atoms with E-state index in [0.717, 1.165) is 5.56 Å². The fourth-order valence-electron chi connectivity index (χ4n) is 2.75. The van der Waals surface area contributed by atoms with Crippen molar-refractivity contribution >= 4 is 12.2 Å². The highest BCUT2D eigenvalue weighted by molar-refractivity contribution is 5.68. The van der Waals surface area contributed by atoms with Gasteiger partial charge in [-0.25, -0.2) is 9.59 Å². The molecule has 1 aliphatic rings. The van der Waals surface area contributed by atoms with Crippen LogP contribution in [0.1, 0.15) is 26.3 Å². The summed E-state index contributed by atoms with van der Waals surface area (Å²) in [5.41, 5.74) is 1.01. The van der Waals surface area contributed by atoms with E-state index in [2.05, 4.69) is 0 Å². The molecular formula is C19H27NO8. The van der Waals surface area contributed by atoms with Crippen molar-refractivity contribution in [1.29, 1.82) is 0 Å². The van der Waals surface area contributed by atoms with Gasteiger partial charge < -0.3 is 33.3 Å². The Morgan fingerprint density at radius 3 is 2.61 bits per heavy atom. The van der Waals surface area contributed by atoms with Crippen LogP contribution in [0.15, 0.2) is 18.2 Å². The van der Waals surface area contributed by atoms with Crippen LogP contribution in [-0.2, 0) is 25.4 Å². The summed E-state index contributed by atoms with van der Waals surface area (Å²) in [6.07, 6.45) is -1.97. The molecule has 0 bridgehead atoms. The summed E-state index contributed by atoms with van der Waals surface area (Å²) in [5, 5.41) is 0. The summed E-state index contributed by atoms with van der Waals surface area (Å²) in [6, 6.07) is 5.55. The van der Waals surface area contributed by atoms with Crippen molar-refractivity contribution in [2.24, 2.45) is 0 Å². The summed E-state index contributed by atoms with van der Waals surface area (Å²) < 4.78 is 30.3. The summed E-state index contributed by atoms with van der Waals surface area (Å²) in [6.45, 7) is 6.19. The van der Waals surface area contributed by atoms with Gasteiger partial charge in [0.25, 0.3) is 0 Å². The van der Waals surface area contributed by atoms with Crippen molar-refractivity contribution in [2.75, 3.05) is 33.7 Å². The molecule has 0 spiro atoms. The minimum Gasteiger partial charge on any atom is -0.454 e. The third kappa shape index (κ3) is 6.19. The lowest BCUT2D eigenvalue weighted by Gasteiger charge is -2.28. The van der Waals surface area contributed by atoms with E-state index in [-0.39, 0.29) is 26.0 Å². The zero-order chi connectivity index (χ0) is 20.5. The summed E-state index contributed by atoms with van der Waals surface area (Å²) in [5.74, 6) is 1.41. The maximum Gasteiger partial charge on any atom is 0.511 e. The molecule has 0 aromatic heterocycles. The normalized spacial score (nSPS) is 14.1. The van der Waals surface area contributed by atoms with Crippen molar-refractivity contribution in [3.05, 3.63) is 23.8 Å². The van der Waals surface area contributed by atoms with Gasteiger partial charge >= 0.3 is 12.2 Å². The van der Waals surface area contributed by atoms with E-state index < -0.39 is 18.5 Å². The number of hydrogen-bond donors (Lipinski definition) is 0. The second kappa shape index (κ2) is 10.6. The van der Waals surface area contributed by atoms with Crippen molar-refractivity contribution < 1.29 is 38.0 Å². The maximum absolute atomic E-state index is 12.5. The van der Waals surface area contributed by atoms with Crippen molar-refractivity contribution in [3.8, 4) is 11.5 Å². The fourth-order valence-corrected chi connectivity index (χ4v) is 2.75. The molecule has 156 valence electrons. The molecule has 0 saturated heterocycles. The minimum atomic E-state index is -1.07. The van der Waals surface area contributed by atoms with Crippen LogP contribution in [0.3, 0.4) is 0 Å². The largest absolute Gasteiger partial charge is 0.511 e. The van der Waals surface area contributed by atoms with E-state index in [1.807, 2.05) is 32.0 Å². The zero-order valence-electron chi connectivity index (χ0n) is 16.6. The minimum absolute atomic E-state index is 0.0592. The average molecular weight is 397 g/mol. The number of carbonyl (C=O) groups excluding carboxylic acids is 2. The van der Waals surface area contributed by atoms with E-state index in [1.54, 1.807) is 4.90 Å².